The normalized spacial score (nSPS) is 13.2. The Kier molecular flexibility index (Phi) is 4.49. The molecule has 27 heavy (non-hydrogen) atoms. The summed E-state index contributed by atoms with van der Waals surface area (Å²) in [6.45, 7) is 1.50. The van der Waals surface area contributed by atoms with Crippen molar-refractivity contribution in [3.63, 3.8) is 0 Å². The molecule has 3 aromatic rings. The number of nitrogens with zero attached hydrogens (tertiary/aromatic N) is 5. The van der Waals surface area contributed by atoms with Gasteiger partial charge in [-0.2, -0.15) is 10.2 Å². The Labute approximate surface area is 156 Å². The molecule has 3 heterocycles. The largest absolute Gasteiger partial charge is 0.493 e. The van der Waals surface area contributed by atoms with Crippen molar-refractivity contribution in [1.29, 1.82) is 0 Å². The molecule has 2 aromatic heterocycles. The van der Waals surface area contributed by atoms with Crippen LogP contribution in [0.25, 0.3) is 11.3 Å². The lowest BCUT2D eigenvalue weighted by atomic mass is 10.1. The van der Waals surface area contributed by atoms with Gasteiger partial charge in [-0.25, -0.2) is 4.98 Å². The van der Waals surface area contributed by atoms with Gasteiger partial charge in [0.15, 0.2) is 11.5 Å². The first-order chi connectivity index (χ1) is 13.2. The summed E-state index contributed by atoms with van der Waals surface area (Å²) < 4.78 is 16.2. The number of ether oxygens (including phenoxy) is 3. The minimum atomic E-state index is 0.537. The van der Waals surface area contributed by atoms with Crippen molar-refractivity contribution in [2.24, 2.45) is 0 Å². The molecule has 1 aliphatic heterocycles. The predicted octanol–water partition coefficient (Wildman–Crippen LogP) is 1.85. The number of aromatic nitrogens is 5. The first-order valence-electron chi connectivity index (χ1n) is 8.49. The number of rotatable bonds is 5. The Morgan fingerprint density at radius 1 is 1.04 bits per heavy atom. The number of hydrogen-bond acceptors (Lipinski definition) is 8. The molecule has 0 amide bonds. The average Bonchev–Trinajstić information content (AvgIpc) is 3.20. The van der Waals surface area contributed by atoms with Gasteiger partial charge in [0.05, 0.1) is 39.4 Å². The number of hydrogen-bond donors (Lipinski definition) is 1. The van der Waals surface area contributed by atoms with Crippen molar-refractivity contribution in [3.8, 4) is 28.5 Å². The third kappa shape index (κ3) is 3.12. The molecule has 1 aliphatic rings. The quantitative estimate of drug-likeness (QED) is 0.729. The van der Waals surface area contributed by atoms with E-state index in [0.29, 0.717) is 35.4 Å². The molecule has 0 bridgehead atoms. The molecule has 1 N–H and O–H groups in total. The fourth-order valence-corrected chi connectivity index (χ4v) is 3.19. The van der Waals surface area contributed by atoms with Crippen LogP contribution in [-0.2, 0) is 13.0 Å². The molecule has 0 radical (unpaired) electrons. The van der Waals surface area contributed by atoms with Gasteiger partial charge in [0.1, 0.15) is 0 Å². The van der Waals surface area contributed by atoms with Crippen molar-refractivity contribution in [3.05, 3.63) is 35.8 Å². The van der Waals surface area contributed by atoms with Gasteiger partial charge < -0.3 is 19.1 Å². The first kappa shape index (κ1) is 17.1. The van der Waals surface area contributed by atoms with Crippen LogP contribution in [0.3, 0.4) is 0 Å². The lowest BCUT2D eigenvalue weighted by Gasteiger charge is -2.26. The van der Waals surface area contributed by atoms with E-state index in [-0.39, 0.29) is 0 Å². The average molecular weight is 368 g/mol. The van der Waals surface area contributed by atoms with Crippen molar-refractivity contribution < 1.29 is 14.2 Å². The highest BCUT2D eigenvalue weighted by atomic mass is 16.5. The number of benzene rings is 1. The van der Waals surface area contributed by atoms with Gasteiger partial charge in [0, 0.05) is 36.3 Å². The number of H-pyrrole nitrogens is 1. The molecule has 0 fully saturated rings. The van der Waals surface area contributed by atoms with E-state index in [2.05, 4.69) is 25.3 Å². The molecule has 0 saturated carbocycles. The fourth-order valence-electron chi connectivity index (χ4n) is 3.19. The van der Waals surface area contributed by atoms with Crippen LogP contribution in [0.15, 0.2) is 24.5 Å². The van der Waals surface area contributed by atoms with Crippen LogP contribution in [0.4, 0.5) is 5.95 Å². The number of nitrogens with one attached hydrogen (secondary N) is 1. The summed E-state index contributed by atoms with van der Waals surface area (Å²) in [7, 11) is 4.74. The predicted molar refractivity (Wildman–Crippen MR) is 98.3 cm³/mol. The van der Waals surface area contributed by atoms with Gasteiger partial charge in [-0.3, -0.25) is 5.10 Å². The van der Waals surface area contributed by atoms with Crippen molar-refractivity contribution >= 4 is 5.95 Å². The topological polar surface area (TPSA) is 98.3 Å². The zero-order valence-corrected chi connectivity index (χ0v) is 15.4. The van der Waals surface area contributed by atoms with Gasteiger partial charge >= 0.3 is 0 Å². The third-order valence-electron chi connectivity index (χ3n) is 4.59. The zero-order valence-electron chi connectivity index (χ0n) is 15.4. The van der Waals surface area contributed by atoms with E-state index in [1.54, 1.807) is 27.5 Å². The maximum atomic E-state index is 5.43. The van der Waals surface area contributed by atoms with E-state index in [9.17, 15) is 0 Å². The summed E-state index contributed by atoms with van der Waals surface area (Å²) in [5.41, 5.74) is 3.81. The minimum absolute atomic E-state index is 0.537. The molecule has 0 atom stereocenters. The van der Waals surface area contributed by atoms with E-state index in [1.165, 1.54) is 5.69 Å². The fraction of sp³-hybridized carbons (Fsp3) is 0.333. The van der Waals surface area contributed by atoms with Gasteiger partial charge in [-0.15, -0.1) is 5.10 Å². The number of methoxy groups -OCH3 is 3. The highest BCUT2D eigenvalue weighted by Gasteiger charge is 2.21. The van der Waals surface area contributed by atoms with E-state index >= 15 is 0 Å². The molecule has 1 aromatic carbocycles. The second-order valence-corrected chi connectivity index (χ2v) is 6.10. The molecular formula is C18H20N6O3. The lowest BCUT2D eigenvalue weighted by molar-refractivity contribution is 0.324. The SMILES string of the molecule is COc1cc(-c2cnnc(N3CCc4[nH]ncc4C3)n2)cc(OC)c1OC. The summed E-state index contributed by atoms with van der Waals surface area (Å²) in [6.07, 6.45) is 4.34. The van der Waals surface area contributed by atoms with Gasteiger partial charge in [0.25, 0.3) is 0 Å². The summed E-state index contributed by atoms with van der Waals surface area (Å²) in [6, 6.07) is 3.69. The lowest BCUT2D eigenvalue weighted by Crippen LogP contribution is -2.31. The van der Waals surface area contributed by atoms with Crippen molar-refractivity contribution in [2.45, 2.75) is 13.0 Å². The van der Waals surface area contributed by atoms with Crippen LogP contribution < -0.4 is 19.1 Å². The standard InChI is InChI=1S/C18H20N6O3/c1-25-15-6-11(7-16(26-2)17(15)27-3)14-9-20-23-18(21-14)24-5-4-13-12(10-24)8-19-22-13/h6-9H,4-5,10H2,1-3H3,(H,19,22). The van der Waals surface area contributed by atoms with Crippen molar-refractivity contribution in [2.75, 3.05) is 32.8 Å². The van der Waals surface area contributed by atoms with Crippen LogP contribution in [0.5, 0.6) is 17.2 Å². The van der Waals surface area contributed by atoms with Gasteiger partial charge in [-0.05, 0) is 12.1 Å². The minimum Gasteiger partial charge on any atom is -0.493 e. The monoisotopic (exact) mass is 368 g/mol. The number of anilines is 1. The summed E-state index contributed by atoms with van der Waals surface area (Å²) in [4.78, 5) is 6.79. The molecule has 0 saturated heterocycles. The van der Waals surface area contributed by atoms with Gasteiger partial charge in [-0.1, -0.05) is 0 Å². The zero-order chi connectivity index (χ0) is 18.8. The Bertz CT molecular complexity index is 933. The van der Waals surface area contributed by atoms with Crippen LogP contribution in [-0.4, -0.2) is 53.3 Å². The molecule has 0 aliphatic carbocycles. The Balaban J connectivity index is 1.69. The second-order valence-electron chi connectivity index (χ2n) is 6.10. The molecule has 9 heteroatoms. The van der Waals surface area contributed by atoms with Crippen LogP contribution >= 0.6 is 0 Å². The van der Waals surface area contributed by atoms with E-state index < -0.39 is 0 Å². The number of fused-ring (bicyclic) bond motifs is 1. The van der Waals surface area contributed by atoms with Crippen molar-refractivity contribution in [1.82, 2.24) is 25.4 Å². The van der Waals surface area contributed by atoms with Crippen LogP contribution in [0.2, 0.25) is 0 Å². The smallest absolute Gasteiger partial charge is 0.246 e. The summed E-state index contributed by atoms with van der Waals surface area (Å²) in [5.74, 6) is 2.24. The Hall–Kier alpha value is -3.36. The van der Waals surface area contributed by atoms with Gasteiger partial charge in [0.2, 0.25) is 11.7 Å². The van der Waals surface area contributed by atoms with E-state index in [4.69, 9.17) is 19.2 Å². The van der Waals surface area contributed by atoms with Crippen LogP contribution in [0.1, 0.15) is 11.3 Å². The molecule has 4 rings (SSSR count). The summed E-state index contributed by atoms with van der Waals surface area (Å²) in [5, 5.41) is 15.5. The number of aromatic amines is 1. The maximum Gasteiger partial charge on any atom is 0.246 e. The first-order valence-corrected chi connectivity index (χ1v) is 8.49. The van der Waals surface area contributed by atoms with E-state index in [0.717, 1.165) is 24.1 Å². The summed E-state index contributed by atoms with van der Waals surface area (Å²) >= 11 is 0. The molecule has 140 valence electrons. The maximum absolute atomic E-state index is 5.43. The molecular weight excluding hydrogens is 348 g/mol. The Morgan fingerprint density at radius 3 is 2.52 bits per heavy atom. The second kappa shape index (κ2) is 7.10. The van der Waals surface area contributed by atoms with E-state index in [1.807, 2.05) is 18.3 Å². The van der Waals surface area contributed by atoms with Crippen LogP contribution in [0, 0.1) is 0 Å². The molecule has 9 nitrogen and oxygen atoms in total. The highest BCUT2D eigenvalue weighted by Crippen LogP contribution is 2.40. The molecule has 0 spiro atoms. The molecule has 0 unspecified atom stereocenters. The Morgan fingerprint density at radius 2 is 1.81 bits per heavy atom. The third-order valence-corrected chi connectivity index (χ3v) is 4.59. The highest BCUT2D eigenvalue weighted by molar-refractivity contribution is 5.68.